The molecule has 3 heterocycles. The molecule has 2 aromatic rings. The summed E-state index contributed by atoms with van der Waals surface area (Å²) in [5.74, 6) is 0.430. The lowest BCUT2D eigenvalue weighted by Gasteiger charge is -2.36. The van der Waals surface area contributed by atoms with Gasteiger partial charge in [-0.3, -0.25) is 14.8 Å². The lowest BCUT2D eigenvalue weighted by molar-refractivity contribution is 0.00897. The molecule has 1 aliphatic heterocycles. The highest BCUT2D eigenvalue weighted by Crippen LogP contribution is 2.38. The Kier molecular flexibility index (Phi) is 4.04. The molecule has 4 rings (SSSR count). The average Bonchev–Trinajstić information content (AvgIpc) is 3.32. The summed E-state index contributed by atoms with van der Waals surface area (Å²) in [6.07, 6.45) is 4.75. The van der Waals surface area contributed by atoms with E-state index in [0.717, 1.165) is 43.5 Å². The fraction of sp³-hybridized carbons (Fsp3) is 0.632. The van der Waals surface area contributed by atoms with Crippen molar-refractivity contribution in [2.75, 3.05) is 6.54 Å². The first-order valence-electron chi connectivity index (χ1n) is 9.44. The molecule has 1 saturated heterocycles. The topological polar surface area (TPSA) is 79.7 Å². The van der Waals surface area contributed by atoms with Crippen molar-refractivity contribution < 1.29 is 9.53 Å². The maximum Gasteiger partial charge on any atom is 0.410 e. The minimum absolute atomic E-state index is 0.0947. The van der Waals surface area contributed by atoms with Gasteiger partial charge in [0.15, 0.2) is 5.65 Å². The predicted molar refractivity (Wildman–Crippen MR) is 97.3 cm³/mol. The van der Waals surface area contributed by atoms with Crippen LogP contribution < -0.4 is 5.56 Å². The maximum atomic E-state index is 12.6. The Hall–Kier alpha value is -2.31. The van der Waals surface area contributed by atoms with Gasteiger partial charge in [-0.2, -0.15) is 0 Å². The van der Waals surface area contributed by atoms with E-state index in [1.165, 1.54) is 4.52 Å². The van der Waals surface area contributed by atoms with E-state index in [9.17, 15) is 9.59 Å². The Morgan fingerprint density at radius 3 is 2.69 bits per heavy atom. The Morgan fingerprint density at radius 2 is 2.00 bits per heavy atom. The number of carbonyl (C=O) groups is 1. The molecule has 1 atom stereocenters. The molecule has 7 heteroatoms. The zero-order chi connectivity index (χ0) is 18.5. The lowest BCUT2D eigenvalue weighted by atomic mass is 10.00. The minimum atomic E-state index is -0.531. The first kappa shape index (κ1) is 17.1. The maximum absolute atomic E-state index is 12.6. The number of carbonyl (C=O) groups excluding carboxylic acids is 1. The van der Waals surface area contributed by atoms with Crippen LogP contribution in [0, 0.1) is 0 Å². The first-order valence-corrected chi connectivity index (χ1v) is 9.44. The number of hydrogen-bond acceptors (Lipinski definition) is 4. The zero-order valence-corrected chi connectivity index (χ0v) is 15.6. The van der Waals surface area contributed by atoms with Gasteiger partial charge in [-0.1, -0.05) is 0 Å². The van der Waals surface area contributed by atoms with Gasteiger partial charge in [-0.15, -0.1) is 0 Å². The second-order valence-corrected chi connectivity index (χ2v) is 8.38. The third kappa shape index (κ3) is 3.34. The molecule has 2 aliphatic rings. The van der Waals surface area contributed by atoms with Crippen molar-refractivity contribution in [2.45, 2.75) is 70.4 Å². The highest BCUT2D eigenvalue weighted by Gasteiger charge is 2.33. The van der Waals surface area contributed by atoms with Crippen molar-refractivity contribution in [3.05, 3.63) is 33.9 Å². The number of nitrogens with zero attached hydrogens (tertiary/aromatic N) is 3. The molecule has 0 aromatic carbocycles. The molecule has 1 amide bonds. The molecular formula is C19H26N4O3. The normalized spacial score (nSPS) is 21.2. The van der Waals surface area contributed by atoms with Crippen molar-refractivity contribution in [3.8, 4) is 0 Å². The molecule has 0 spiro atoms. The summed E-state index contributed by atoms with van der Waals surface area (Å²) in [6.45, 7) is 6.27. The smallest absolute Gasteiger partial charge is 0.410 e. The van der Waals surface area contributed by atoms with Crippen LogP contribution in [0.3, 0.4) is 0 Å². The molecule has 1 unspecified atom stereocenters. The summed E-state index contributed by atoms with van der Waals surface area (Å²) in [4.78, 5) is 31.5. The quantitative estimate of drug-likeness (QED) is 0.893. The Bertz CT molecular complexity index is 888. The van der Waals surface area contributed by atoms with Gasteiger partial charge in [-0.05, 0) is 52.9 Å². The Morgan fingerprint density at radius 1 is 1.23 bits per heavy atom. The number of H-pyrrole nitrogens is 1. The molecule has 7 nitrogen and oxygen atoms in total. The van der Waals surface area contributed by atoms with Crippen LogP contribution in [0.5, 0.6) is 0 Å². The van der Waals surface area contributed by atoms with Gasteiger partial charge >= 0.3 is 6.09 Å². The van der Waals surface area contributed by atoms with Crippen molar-refractivity contribution >= 4 is 11.7 Å². The summed E-state index contributed by atoms with van der Waals surface area (Å²) in [5.41, 5.74) is 1.73. The van der Waals surface area contributed by atoms with E-state index in [1.54, 1.807) is 11.0 Å². The van der Waals surface area contributed by atoms with Crippen LogP contribution >= 0.6 is 0 Å². The Balaban J connectivity index is 1.66. The van der Waals surface area contributed by atoms with Gasteiger partial charge in [0.1, 0.15) is 5.60 Å². The second kappa shape index (κ2) is 6.14. The third-order valence-corrected chi connectivity index (χ3v) is 4.98. The largest absolute Gasteiger partial charge is 0.444 e. The number of amides is 1. The first-order chi connectivity index (χ1) is 12.3. The fourth-order valence-electron chi connectivity index (χ4n) is 3.58. The van der Waals surface area contributed by atoms with E-state index < -0.39 is 5.60 Å². The summed E-state index contributed by atoms with van der Waals surface area (Å²) in [5, 5.41) is 3.16. The summed E-state index contributed by atoms with van der Waals surface area (Å²) >= 11 is 0. The van der Waals surface area contributed by atoms with Crippen LogP contribution in [0.15, 0.2) is 16.9 Å². The van der Waals surface area contributed by atoms with Gasteiger partial charge in [0.25, 0.3) is 5.56 Å². The van der Waals surface area contributed by atoms with E-state index in [2.05, 4.69) is 10.1 Å². The molecular weight excluding hydrogens is 332 g/mol. The van der Waals surface area contributed by atoms with Crippen molar-refractivity contribution in [1.82, 2.24) is 19.5 Å². The van der Waals surface area contributed by atoms with E-state index in [0.29, 0.717) is 18.1 Å². The third-order valence-electron chi connectivity index (χ3n) is 4.98. The van der Waals surface area contributed by atoms with E-state index in [1.807, 2.05) is 26.8 Å². The van der Waals surface area contributed by atoms with Gasteiger partial charge in [0, 0.05) is 24.6 Å². The van der Waals surface area contributed by atoms with E-state index in [4.69, 9.17) is 4.74 Å². The number of ether oxygens (including phenoxy) is 1. The molecule has 1 N–H and O–H groups in total. The van der Waals surface area contributed by atoms with Gasteiger partial charge in [0.2, 0.25) is 0 Å². The molecule has 1 aliphatic carbocycles. The van der Waals surface area contributed by atoms with Gasteiger partial charge in [0.05, 0.1) is 17.4 Å². The monoisotopic (exact) mass is 358 g/mol. The van der Waals surface area contributed by atoms with Crippen LogP contribution in [0.25, 0.3) is 5.65 Å². The number of nitrogens with one attached hydrogen (secondary N) is 1. The highest BCUT2D eigenvalue weighted by atomic mass is 16.6. The summed E-state index contributed by atoms with van der Waals surface area (Å²) < 4.78 is 7.05. The Labute approximate surface area is 152 Å². The van der Waals surface area contributed by atoms with Gasteiger partial charge in [-0.25, -0.2) is 14.3 Å². The van der Waals surface area contributed by atoms with E-state index in [-0.39, 0.29) is 17.7 Å². The second-order valence-electron chi connectivity index (χ2n) is 8.38. The lowest BCUT2D eigenvalue weighted by Crippen LogP contribution is -2.42. The number of piperidine rings is 1. The van der Waals surface area contributed by atoms with Crippen molar-refractivity contribution in [1.29, 1.82) is 0 Å². The SMILES string of the molecule is CC(C)(C)OC(=O)N1CCCCC1c1cc2nc(C3CC3)cc(=O)n2[nH]1. The number of fused-ring (bicyclic) bond motifs is 1. The molecule has 2 aromatic heterocycles. The van der Waals surface area contributed by atoms with Crippen LogP contribution in [0.4, 0.5) is 4.79 Å². The van der Waals surface area contributed by atoms with Crippen LogP contribution in [-0.2, 0) is 4.74 Å². The zero-order valence-electron chi connectivity index (χ0n) is 15.6. The van der Waals surface area contributed by atoms with Crippen molar-refractivity contribution in [3.63, 3.8) is 0 Å². The summed E-state index contributed by atoms with van der Waals surface area (Å²) in [7, 11) is 0. The fourth-order valence-corrected chi connectivity index (χ4v) is 3.58. The summed E-state index contributed by atoms with van der Waals surface area (Å²) in [6, 6.07) is 3.40. The van der Waals surface area contributed by atoms with E-state index >= 15 is 0 Å². The molecule has 140 valence electrons. The number of hydrogen-bond donors (Lipinski definition) is 1. The highest BCUT2D eigenvalue weighted by molar-refractivity contribution is 5.69. The number of rotatable bonds is 2. The molecule has 26 heavy (non-hydrogen) atoms. The predicted octanol–water partition coefficient (Wildman–Crippen LogP) is 3.36. The van der Waals surface area contributed by atoms with Crippen molar-refractivity contribution in [2.24, 2.45) is 0 Å². The molecule has 1 saturated carbocycles. The molecule has 2 fully saturated rings. The minimum Gasteiger partial charge on any atom is -0.444 e. The standard InChI is InChI=1S/C19H26N4O3/c1-19(2,3)26-18(25)22-9-5-4-6-15(22)14-10-16-20-13(12-7-8-12)11-17(24)23(16)21-14/h10-12,15,21H,4-9H2,1-3H3. The average molecular weight is 358 g/mol. The number of aromatic nitrogens is 3. The number of aromatic amines is 1. The van der Waals surface area contributed by atoms with Crippen LogP contribution in [0.1, 0.15) is 76.2 Å². The number of likely N-dealkylation sites (tertiary alicyclic amines) is 1. The molecule has 0 bridgehead atoms. The van der Waals surface area contributed by atoms with Crippen LogP contribution in [0.2, 0.25) is 0 Å². The van der Waals surface area contributed by atoms with Gasteiger partial charge < -0.3 is 4.74 Å². The van der Waals surface area contributed by atoms with Crippen LogP contribution in [-0.4, -0.2) is 37.7 Å². The molecule has 0 radical (unpaired) electrons.